The van der Waals surface area contributed by atoms with E-state index in [4.69, 9.17) is 0 Å². The lowest BCUT2D eigenvalue weighted by Gasteiger charge is -2.06. The van der Waals surface area contributed by atoms with Crippen LogP contribution in [0.4, 0.5) is 18.0 Å². The summed E-state index contributed by atoms with van der Waals surface area (Å²) in [5.74, 6) is 0. The van der Waals surface area contributed by atoms with Crippen LogP contribution in [-0.2, 0) is 6.18 Å². The third-order valence-electron chi connectivity index (χ3n) is 4.10. The van der Waals surface area contributed by atoms with Gasteiger partial charge in [-0.15, -0.1) is 0 Å². The Morgan fingerprint density at radius 3 is 2.56 bits per heavy atom. The Hall–Kier alpha value is -3.63. The molecule has 4 rings (SSSR count). The molecule has 27 heavy (non-hydrogen) atoms. The summed E-state index contributed by atoms with van der Waals surface area (Å²) in [5.41, 5.74) is -0.300. The van der Waals surface area contributed by atoms with Gasteiger partial charge in [0.25, 0.3) is 5.56 Å². The first-order valence-electron chi connectivity index (χ1n) is 7.69. The van der Waals surface area contributed by atoms with Crippen molar-refractivity contribution in [1.82, 2.24) is 29.9 Å². The van der Waals surface area contributed by atoms with Gasteiger partial charge in [-0.05, 0) is 24.3 Å². The monoisotopic (exact) mass is 376 g/mol. The molecule has 2 aliphatic rings. The second-order valence-corrected chi connectivity index (χ2v) is 5.69. The summed E-state index contributed by atoms with van der Waals surface area (Å²) in [4.78, 5) is 27.3. The van der Waals surface area contributed by atoms with Gasteiger partial charge in [-0.2, -0.15) is 32.7 Å². The fraction of sp³-hybridized carbons (Fsp3) is 0.125. The SMILES string of the molecule is CNC(=O)n1ncc2c3nn(-c4ccc(C(F)(F)F)cc4)c(=O)c-3c[nH]c21. The number of hydrogen-bond donors (Lipinski definition) is 2. The van der Waals surface area contributed by atoms with Crippen LogP contribution >= 0.6 is 0 Å². The van der Waals surface area contributed by atoms with Crippen molar-refractivity contribution in [2.24, 2.45) is 0 Å². The van der Waals surface area contributed by atoms with Gasteiger partial charge in [0.05, 0.1) is 28.4 Å². The lowest BCUT2D eigenvalue weighted by atomic mass is 10.2. The van der Waals surface area contributed by atoms with Crippen LogP contribution in [0, 0.1) is 0 Å². The number of alkyl halides is 3. The highest BCUT2D eigenvalue weighted by Crippen LogP contribution is 2.30. The molecular weight excluding hydrogens is 365 g/mol. The van der Waals surface area contributed by atoms with Crippen molar-refractivity contribution >= 4 is 17.1 Å². The van der Waals surface area contributed by atoms with E-state index in [0.717, 1.165) is 21.5 Å². The van der Waals surface area contributed by atoms with Crippen molar-refractivity contribution in [3.8, 4) is 16.9 Å². The number of pyridine rings is 1. The topological polar surface area (TPSA) is 97.6 Å². The lowest BCUT2D eigenvalue weighted by Crippen LogP contribution is -2.25. The summed E-state index contributed by atoms with van der Waals surface area (Å²) in [6, 6.07) is 3.62. The molecule has 0 bridgehead atoms. The van der Waals surface area contributed by atoms with Gasteiger partial charge >= 0.3 is 12.2 Å². The van der Waals surface area contributed by atoms with Crippen LogP contribution in [0.25, 0.3) is 28.0 Å². The van der Waals surface area contributed by atoms with Gasteiger partial charge in [0.2, 0.25) is 0 Å². The summed E-state index contributed by atoms with van der Waals surface area (Å²) in [7, 11) is 1.45. The molecule has 2 aromatic rings. The van der Waals surface area contributed by atoms with E-state index in [1.165, 1.54) is 31.6 Å². The van der Waals surface area contributed by atoms with Crippen molar-refractivity contribution in [2.45, 2.75) is 6.18 Å². The summed E-state index contributed by atoms with van der Waals surface area (Å²) < 4.78 is 40.2. The number of nitrogens with one attached hydrogen (secondary N) is 2. The Labute approximate surface area is 148 Å². The number of fused-ring (bicyclic) bond motifs is 3. The highest BCUT2D eigenvalue weighted by atomic mass is 19.4. The van der Waals surface area contributed by atoms with Crippen molar-refractivity contribution in [1.29, 1.82) is 0 Å². The fourth-order valence-corrected chi connectivity index (χ4v) is 2.77. The van der Waals surface area contributed by atoms with E-state index >= 15 is 0 Å². The summed E-state index contributed by atoms with van der Waals surface area (Å²) >= 11 is 0. The van der Waals surface area contributed by atoms with Crippen LogP contribution in [0.1, 0.15) is 5.56 Å². The van der Waals surface area contributed by atoms with Gasteiger partial charge in [0, 0.05) is 13.2 Å². The molecule has 0 spiro atoms. The number of nitrogens with zero attached hydrogens (tertiary/aromatic N) is 4. The summed E-state index contributed by atoms with van der Waals surface area (Å²) in [6.07, 6.45) is -1.70. The van der Waals surface area contributed by atoms with E-state index in [1.54, 1.807) is 0 Å². The number of H-pyrrole nitrogens is 1. The van der Waals surface area contributed by atoms with Gasteiger partial charge in [-0.3, -0.25) is 4.79 Å². The molecule has 0 aliphatic carbocycles. The molecule has 0 radical (unpaired) electrons. The molecule has 3 heterocycles. The first-order chi connectivity index (χ1) is 12.8. The van der Waals surface area contributed by atoms with Gasteiger partial charge in [0.15, 0.2) is 0 Å². The molecule has 1 aromatic carbocycles. The van der Waals surface area contributed by atoms with Crippen LogP contribution < -0.4 is 10.9 Å². The van der Waals surface area contributed by atoms with Gasteiger partial charge in [-0.25, -0.2) is 4.79 Å². The predicted molar refractivity (Wildman–Crippen MR) is 89.0 cm³/mol. The maximum atomic E-state index is 12.7. The maximum absolute atomic E-state index is 12.7. The van der Waals surface area contributed by atoms with E-state index in [0.29, 0.717) is 11.0 Å². The van der Waals surface area contributed by atoms with E-state index in [2.05, 4.69) is 20.5 Å². The van der Waals surface area contributed by atoms with Crippen LogP contribution in [0.5, 0.6) is 0 Å². The van der Waals surface area contributed by atoms with E-state index in [-0.39, 0.29) is 16.9 Å². The highest BCUT2D eigenvalue weighted by molar-refractivity contribution is 5.95. The van der Waals surface area contributed by atoms with Crippen molar-refractivity contribution in [3.63, 3.8) is 0 Å². The number of carbonyl (C=O) groups excluding carboxylic acids is 1. The van der Waals surface area contributed by atoms with Crippen LogP contribution in [-0.4, -0.2) is 37.6 Å². The predicted octanol–water partition coefficient (Wildman–Crippen LogP) is 2.22. The van der Waals surface area contributed by atoms with Gasteiger partial charge in [0.1, 0.15) is 11.3 Å². The number of halogens is 3. The minimum absolute atomic E-state index is 0.191. The first kappa shape index (κ1) is 16.8. The number of amides is 1. The number of hydrogen-bond acceptors (Lipinski definition) is 4. The summed E-state index contributed by atoms with van der Waals surface area (Å²) in [5, 5.41) is 11.0. The number of carbonyl (C=O) groups is 1. The second-order valence-electron chi connectivity index (χ2n) is 5.69. The van der Waals surface area contributed by atoms with Crippen LogP contribution in [0.15, 0.2) is 41.5 Å². The quantitative estimate of drug-likeness (QED) is 0.532. The van der Waals surface area contributed by atoms with Crippen LogP contribution in [0.2, 0.25) is 0 Å². The largest absolute Gasteiger partial charge is 0.416 e. The van der Waals surface area contributed by atoms with E-state index < -0.39 is 23.3 Å². The molecule has 1 aromatic heterocycles. The number of benzene rings is 1. The molecule has 8 nitrogen and oxygen atoms in total. The lowest BCUT2D eigenvalue weighted by molar-refractivity contribution is -0.137. The minimum atomic E-state index is -4.47. The third-order valence-corrected chi connectivity index (χ3v) is 4.10. The molecule has 1 amide bonds. The Bertz CT molecular complexity index is 1190. The molecule has 138 valence electrons. The Balaban J connectivity index is 1.88. The molecule has 0 saturated carbocycles. The number of rotatable bonds is 1. The zero-order valence-corrected chi connectivity index (χ0v) is 13.7. The van der Waals surface area contributed by atoms with E-state index in [1.807, 2.05) is 0 Å². The van der Waals surface area contributed by atoms with Crippen molar-refractivity contribution in [2.75, 3.05) is 7.05 Å². The molecule has 11 heteroatoms. The molecule has 0 fully saturated rings. The Morgan fingerprint density at radius 1 is 1.22 bits per heavy atom. The molecule has 0 unspecified atom stereocenters. The Kier molecular flexibility index (Phi) is 3.54. The zero-order chi connectivity index (χ0) is 19.3. The highest BCUT2D eigenvalue weighted by Gasteiger charge is 2.30. The van der Waals surface area contributed by atoms with Crippen LogP contribution in [0.3, 0.4) is 0 Å². The molecule has 0 atom stereocenters. The second kappa shape index (κ2) is 5.69. The smallest absolute Gasteiger partial charge is 0.345 e. The fourth-order valence-electron chi connectivity index (χ4n) is 2.77. The molecule has 2 N–H and O–H groups in total. The standard InChI is InChI=1S/C16H11F3N6O2/c1-20-15(27)25-13-10(7-22-25)12-11(6-21-13)14(26)24(23-12)9-4-2-8(3-5-9)16(17,18)19/h2-7,21H,1H3,(H,20,27). The van der Waals surface area contributed by atoms with Crippen molar-refractivity contribution < 1.29 is 18.0 Å². The maximum Gasteiger partial charge on any atom is 0.416 e. The minimum Gasteiger partial charge on any atom is -0.345 e. The van der Waals surface area contributed by atoms with Crippen molar-refractivity contribution in [3.05, 3.63) is 52.6 Å². The molecular formula is C16H11F3N6O2. The normalized spacial score (nSPS) is 12.0. The zero-order valence-electron chi connectivity index (χ0n) is 13.7. The first-order valence-corrected chi connectivity index (χ1v) is 7.69. The Morgan fingerprint density at radius 2 is 1.93 bits per heavy atom. The number of aromatic nitrogens is 5. The van der Waals surface area contributed by atoms with Gasteiger partial charge < -0.3 is 10.3 Å². The molecule has 0 saturated heterocycles. The average Bonchev–Trinajstić information content (AvgIpc) is 3.22. The summed E-state index contributed by atoms with van der Waals surface area (Å²) in [6.45, 7) is 0. The molecule has 2 aliphatic heterocycles. The number of aromatic amines is 1. The third kappa shape index (κ3) is 2.55. The average molecular weight is 376 g/mol. The van der Waals surface area contributed by atoms with E-state index in [9.17, 15) is 22.8 Å². The van der Waals surface area contributed by atoms with Gasteiger partial charge in [-0.1, -0.05) is 0 Å².